The van der Waals surface area contributed by atoms with Gasteiger partial charge < -0.3 is 10.6 Å². The average Bonchev–Trinajstić information content (AvgIpc) is 2.82. The van der Waals surface area contributed by atoms with Gasteiger partial charge in [-0.1, -0.05) is 13.8 Å². The first kappa shape index (κ1) is 15.2. The minimum atomic E-state index is -0.330. The first-order valence-electron chi connectivity index (χ1n) is 7.63. The molecule has 0 bridgehead atoms. The number of carbonyl (C=O) groups is 1. The van der Waals surface area contributed by atoms with E-state index >= 15 is 0 Å². The van der Waals surface area contributed by atoms with E-state index in [2.05, 4.69) is 12.6 Å². The predicted octanol–water partition coefficient (Wildman–Crippen LogP) is 2.31. The van der Waals surface area contributed by atoms with E-state index in [1.165, 1.54) is 32.1 Å². The van der Waals surface area contributed by atoms with Crippen LogP contribution in [0, 0.1) is 17.3 Å². The molecule has 0 unspecified atom stereocenters. The van der Waals surface area contributed by atoms with Crippen LogP contribution in [0.25, 0.3) is 0 Å². The zero-order valence-electron chi connectivity index (χ0n) is 12.3. The van der Waals surface area contributed by atoms with Gasteiger partial charge in [0, 0.05) is 13.1 Å². The molecule has 110 valence electrons. The lowest BCUT2D eigenvalue weighted by Crippen LogP contribution is -2.46. The first-order valence-corrected chi connectivity index (χ1v) is 8.26. The molecule has 1 aliphatic heterocycles. The van der Waals surface area contributed by atoms with Crippen LogP contribution < -0.4 is 5.73 Å². The topological polar surface area (TPSA) is 46.3 Å². The Kier molecular flexibility index (Phi) is 4.83. The van der Waals surface area contributed by atoms with Crippen LogP contribution in [0.5, 0.6) is 0 Å². The van der Waals surface area contributed by atoms with Gasteiger partial charge in [-0.05, 0) is 55.1 Å². The highest BCUT2D eigenvalue weighted by atomic mass is 32.1. The summed E-state index contributed by atoms with van der Waals surface area (Å²) in [5.41, 5.74) is 6.39. The molecule has 0 aromatic rings. The van der Waals surface area contributed by atoms with Crippen molar-refractivity contribution >= 4 is 18.5 Å². The van der Waals surface area contributed by atoms with Crippen molar-refractivity contribution in [2.24, 2.45) is 23.0 Å². The molecule has 1 heterocycles. The molecule has 1 amide bonds. The Hall–Kier alpha value is -0.220. The third-order valence-electron chi connectivity index (χ3n) is 5.18. The molecule has 1 saturated carbocycles. The molecule has 1 spiro atoms. The number of nitrogens with zero attached hydrogens (tertiary/aromatic N) is 1. The monoisotopic (exact) mass is 284 g/mol. The van der Waals surface area contributed by atoms with E-state index in [0.29, 0.717) is 5.41 Å². The van der Waals surface area contributed by atoms with Crippen molar-refractivity contribution in [1.82, 2.24) is 4.90 Å². The highest BCUT2D eigenvalue weighted by Gasteiger charge is 2.42. The molecule has 2 aliphatic rings. The Morgan fingerprint density at radius 2 is 2.00 bits per heavy atom. The van der Waals surface area contributed by atoms with E-state index in [-0.39, 0.29) is 17.9 Å². The molecular weight excluding hydrogens is 256 g/mol. The molecule has 3 nitrogen and oxygen atoms in total. The van der Waals surface area contributed by atoms with E-state index in [1.54, 1.807) is 0 Å². The number of likely N-dealkylation sites (tertiary alicyclic amines) is 1. The molecule has 2 rings (SSSR count). The zero-order chi connectivity index (χ0) is 14.0. The molecule has 1 atom stereocenters. The van der Waals surface area contributed by atoms with Gasteiger partial charge in [0.2, 0.25) is 5.91 Å². The quantitative estimate of drug-likeness (QED) is 0.781. The smallest absolute Gasteiger partial charge is 0.239 e. The van der Waals surface area contributed by atoms with Crippen LogP contribution >= 0.6 is 12.6 Å². The summed E-state index contributed by atoms with van der Waals surface area (Å²) in [4.78, 5) is 14.3. The van der Waals surface area contributed by atoms with Crippen molar-refractivity contribution in [3.05, 3.63) is 0 Å². The summed E-state index contributed by atoms with van der Waals surface area (Å²) in [6, 6.07) is -0.330. The summed E-state index contributed by atoms with van der Waals surface area (Å²) in [6.45, 7) is 5.88. The largest absolute Gasteiger partial charge is 0.341 e. The lowest BCUT2D eigenvalue weighted by Gasteiger charge is -2.37. The van der Waals surface area contributed by atoms with E-state index in [0.717, 1.165) is 24.8 Å². The number of nitrogens with two attached hydrogens (primary N) is 1. The van der Waals surface area contributed by atoms with Crippen molar-refractivity contribution in [2.75, 3.05) is 18.8 Å². The van der Waals surface area contributed by atoms with Gasteiger partial charge in [0.25, 0.3) is 0 Å². The van der Waals surface area contributed by atoms with Gasteiger partial charge in [-0.2, -0.15) is 12.6 Å². The number of amides is 1. The van der Waals surface area contributed by atoms with Crippen LogP contribution in [0.15, 0.2) is 0 Å². The van der Waals surface area contributed by atoms with E-state index in [9.17, 15) is 4.79 Å². The molecule has 1 aliphatic carbocycles. The lowest BCUT2D eigenvalue weighted by molar-refractivity contribution is -0.133. The number of carbonyl (C=O) groups excluding carboxylic acids is 1. The Bertz CT molecular complexity index is 324. The maximum Gasteiger partial charge on any atom is 0.239 e. The molecule has 0 aromatic carbocycles. The van der Waals surface area contributed by atoms with Crippen LogP contribution in [-0.2, 0) is 4.79 Å². The maximum atomic E-state index is 12.3. The number of hydrogen-bond donors (Lipinski definition) is 2. The van der Waals surface area contributed by atoms with Gasteiger partial charge in [-0.3, -0.25) is 4.79 Å². The fourth-order valence-corrected chi connectivity index (χ4v) is 3.86. The molecular formula is C15H28N2OS. The van der Waals surface area contributed by atoms with Crippen LogP contribution in [-0.4, -0.2) is 35.7 Å². The van der Waals surface area contributed by atoms with E-state index in [1.807, 2.05) is 18.7 Å². The van der Waals surface area contributed by atoms with Gasteiger partial charge in [0.15, 0.2) is 0 Å². The molecule has 2 fully saturated rings. The molecule has 0 aromatic heterocycles. The molecule has 4 heteroatoms. The van der Waals surface area contributed by atoms with Crippen molar-refractivity contribution in [3.8, 4) is 0 Å². The summed E-state index contributed by atoms with van der Waals surface area (Å²) >= 11 is 4.41. The number of rotatable bonds is 3. The number of hydrogen-bond acceptors (Lipinski definition) is 3. The Morgan fingerprint density at radius 3 is 2.53 bits per heavy atom. The van der Waals surface area contributed by atoms with Crippen LogP contribution in [0.4, 0.5) is 0 Å². The SMILES string of the molecule is CC(C)[C@@H](N)C(=O)N1CCC2(CCC(CS)CC2)C1. The number of thiol groups is 1. The Morgan fingerprint density at radius 1 is 1.37 bits per heavy atom. The van der Waals surface area contributed by atoms with Crippen molar-refractivity contribution in [3.63, 3.8) is 0 Å². The third kappa shape index (κ3) is 3.27. The van der Waals surface area contributed by atoms with Crippen LogP contribution in [0.2, 0.25) is 0 Å². The molecule has 19 heavy (non-hydrogen) atoms. The van der Waals surface area contributed by atoms with Crippen LogP contribution in [0.3, 0.4) is 0 Å². The minimum Gasteiger partial charge on any atom is -0.341 e. The summed E-state index contributed by atoms with van der Waals surface area (Å²) in [6.07, 6.45) is 6.25. The summed E-state index contributed by atoms with van der Waals surface area (Å²) in [5, 5.41) is 0. The lowest BCUT2D eigenvalue weighted by atomic mass is 9.70. The van der Waals surface area contributed by atoms with Gasteiger partial charge in [-0.25, -0.2) is 0 Å². The fraction of sp³-hybridized carbons (Fsp3) is 0.933. The fourth-order valence-electron chi connectivity index (χ4n) is 3.50. The minimum absolute atomic E-state index is 0.156. The van der Waals surface area contributed by atoms with E-state index < -0.39 is 0 Å². The Labute approximate surface area is 122 Å². The third-order valence-corrected chi connectivity index (χ3v) is 5.69. The Balaban J connectivity index is 1.91. The average molecular weight is 284 g/mol. The van der Waals surface area contributed by atoms with Gasteiger partial charge in [0.05, 0.1) is 6.04 Å². The second kappa shape index (κ2) is 6.04. The molecule has 0 radical (unpaired) electrons. The summed E-state index contributed by atoms with van der Waals surface area (Å²) < 4.78 is 0. The zero-order valence-corrected chi connectivity index (χ0v) is 13.2. The highest BCUT2D eigenvalue weighted by molar-refractivity contribution is 7.80. The normalized spacial score (nSPS) is 33.1. The van der Waals surface area contributed by atoms with Gasteiger partial charge in [0.1, 0.15) is 0 Å². The van der Waals surface area contributed by atoms with E-state index in [4.69, 9.17) is 5.73 Å². The van der Waals surface area contributed by atoms with Gasteiger partial charge in [-0.15, -0.1) is 0 Å². The summed E-state index contributed by atoms with van der Waals surface area (Å²) in [7, 11) is 0. The molecule has 1 saturated heterocycles. The second-order valence-electron chi connectivity index (χ2n) is 6.91. The van der Waals surface area contributed by atoms with Gasteiger partial charge >= 0.3 is 0 Å². The van der Waals surface area contributed by atoms with Crippen LogP contribution in [0.1, 0.15) is 46.0 Å². The summed E-state index contributed by atoms with van der Waals surface area (Å²) in [5.74, 6) is 2.18. The maximum absolute atomic E-state index is 12.3. The second-order valence-corrected chi connectivity index (χ2v) is 7.27. The van der Waals surface area contributed by atoms with Crippen molar-refractivity contribution in [1.29, 1.82) is 0 Å². The molecule has 2 N–H and O–H groups in total. The predicted molar refractivity (Wildman–Crippen MR) is 82.3 cm³/mol. The first-order chi connectivity index (χ1) is 8.97. The highest BCUT2D eigenvalue weighted by Crippen LogP contribution is 2.45. The standard InChI is InChI=1S/C15H28N2OS/c1-11(2)13(16)14(18)17-8-7-15(10-17)5-3-12(9-19)4-6-15/h11-13,19H,3-10,16H2,1-2H3/t12?,13-,15?/m1/s1. The van der Waals surface area contributed by atoms with Crippen molar-refractivity contribution < 1.29 is 4.79 Å². The van der Waals surface area contributed by atoms with Crippen molar-refractivity contribution in [2.45, 2.75) is 52.0 Å².